The van der Waals surface area contributed by atoms with Crippen molar-refractivity contribution in [3.63, 3.8) is 0 Å². The maximum Gasteiger partial charge on any atom is 0.360 e. The summed E-state index contributed by atoms with van der Waals surface area (Å²) in [5, 5.41) is 3.44. The Morgan fingerprint density at radius 1 is 1.12 bits per heavy atom. The fourth-order valence-electron chi connectivity index (χ4n) is 3.19. The number of hydrogen-bond acceptors (Lipinski definition) is 5. The molecule has 1 heterocycles. The molecule has 24 heavy (non-hydrogen) atoms. The maximum atomic E-state index is 12.3. The first-order valence-electron chi connectivity index (χ1n) is 8.81. The van der Waals surface area contributed by atoms with E-state index in [-0.39, 0.29) is 5.69 Å². The molecule has 0 aliphatic heterocycles. The van der Waals surface area contributed by atoms with Crippen LogP contribution in [0.25, 0.3) is 11.0 Å². The van der Waals surface area contributed by atoms with E-state index < -0.39 is 5.97 Å². The van der Waals surface area contributed by atoms with Gasteiger partial charge in [0.25, 0.3) is 0 Å². The number of benzene rings is 1. The van der Waals surface area contributed by atoms with E-state index in [1.165, 1.54) is 24.8 Å². The molecule has 5 nitrogen and oxygen atoms in total. The molecule has 1 aliphatic rings. The lowest BCUT2D eigenvalue weighted by Crippen LogP contribution is -2.25. The molecule has 0 bridgehead atoms. The van der Waals surface area contributed by atoms with Crippen molar-refractivity contribution in [1.29, 1.82) is 0 Å². The fourth-order valence-corrected chi connectivity index (χ4v) is 3.19. The van der Waals surface area contributed by atoms with Gasteiger partial charge in [-0.2, -0.15) is 0 Å². The summed E-state index contributed by atoms with van der Waals surface area (Å²) in [5.41, 5.74) is 4.14. The summed E-state index contributed by atoms with van der Waals surface area (Å²) in [6.45, 7) is 6.22. The average Bonchev–Trinajstić information content (AvgIpc) is 2.57. The van der Waals surface area contributed by atoms with Gasteiger partial charge in [-0.25, -0.2) is 14.8 Å². The molecule has 5 heteroatoms. The number of ether oxygens (including phenoxy) is 1. The first-order chi connectivity index (χ1) is 11.6. The van der Waals surface area contributed by atoms with E-state index in [2.05, 4.69) is 17.2 Å². The van der Waals surface area contributed by atoms with Crippen LogP contribution in [0.1, 0.15) is 60.6 Å². The van der Waals surface area contributed by atoms with E-state index in [1.807, 2.05) is 19.1 Å². The molecule has 1 fully saturated rings. The summed E-state index contributed by atoms with van der Waals surface area (Å²) in [6.07, 6.45) is 5.92. The van der Waals surface area contributed by atoms with E-state index in [0.717, 1.165) is 29.4 Å². The molecule has 1 saturated carbocycles. The smallest absolute Gasteiger partial charge is 0.360 e. The third-order valence-electron chi connectivity index (χ3n) is 4.69. The SMILES string of the molecule is CCOC(=O)c1nc2cc(C)c(C)cc2nc1NC1CCCCC1. The molecule has 1 aromatic carbocycles. The first-order valence-corrected chi connectivity index (χ1v) is 8.81. The Morgan fingerprint density at radius 3 is 2.38 bits per heavy atom. The number of carbonyl (C=O) groups excluding carboxylic acids is 1. The summed E-state index contributed by atoms with van der Waals surface area (Å²) in [6, 6.07) is 4.36. The predicted octanol–water partition coefficient (Wildman–Crippen LogP) is 4.17. The van der Waals surface area contributed by atoms with Crippen LogP contribution in [0.3, 0.4) is 0 Å². The summed E-state index contributed by atoms with van der Waals surface area (Å²) in [7, 11) is 0. The molecular formula is C19H25N3O2. The Bertz CT molecular complexity index is 752. The Morgan fingerprint density at radius 2 is 1.75 bits per heavy atom. The molecule has 1 aliphatic carbocycles. The van der Waals surface area contributed by atoms with E-state index >= 15 is 0 Å². The molecular weight excluding hydrogens is 302 g/mol. The number of rotatable bonds is 4. The highest BCUT2D eigenvalue weighted by Gasteiger charge is 2.21. The lowest BCUT2D eigenvalue weighted by atomic mass is 9.95. The van der Waals surface area contributed by atoms with Crippen molar-refractivity contribution in [2.75, 3.05) is 11.9 Å². The van der Waals surface area contributed by atoms with Gasteiger partial charge in [0, 0.05) is 6.04 Å². The number of aryl methyl sites for hydroxylation is 2. The number of aromatic nitrogens is 2. The van der Waals surface area contributed by atoms with Gasteiger partial charge in [0.1, 0.15) is 0 Å². The van der Waals surface area contributed by atoms with Gasteiger partial charge in [0.15, 0.2) is 11.5 Å². The van der Waals surface area contributed by atoms with E-state index in [9.17, 15) is 4.79 Å². The standard InChI is InChI=1S/C19H25N3O2/c1-4-24-19(23)17-18(20-14-8-6-5-7-9-14)22-16-11-13(3)12(2)10-15(16)21-17/h10-11,14H,4-9H2,1-3H3,(H,20,22). The van der Waals surface area contributed by atoms with E-state index in [0.29, 0.717) is 18.5 Å². The van der Waals surface area contributed by atoms with Gasteiger partial charge in [0.2, 0.25) is 0 Å². The Labute approximate surface area is 142 Å². The van der Waals surface area contributed by atoms with Crippen LogP contribution < -0.4 is 5.32 Å². The second-order valence-corrected chi connectivity index (χ2v) is 6.55. The number of nitrogens with zero attached hydrogens (tertiary/aromatic N) is 2. The zero-order valence-electron chi connectivity index (χ0n) is 14.7. The van der Waals surface area contributed by atoms with Gasteiger partial charge in [-0.05, 0) is 56.9 Å². The van der Waals surface area contributed by atoms with Gasteiger partial charge in [-0.1, -0.05) is 19.3 Å². The van der Waals surface area contributed by atoms with Crippen LogP contribution in [0.2, 0.25) is 0 Å². The van der Waals surface area contributed by atoms with E-state index in [1.54, 1.807) is 6.92 Å². The topological polar surface area (TPSA) is 64.1 Å². The zero-order valence-corrected chi connectivity index (χ0v) is 14.7. The Kier molecular flexibility index (Phi) is 4.97. The van der Waals surface area contributed by atoms with Crippen LogP contribution in [-0.4, -0.2) is 28.6 Å². The second kappa shape index (κ2) is 7.16. The molecule has 0 amide bonds. The molecule has 0 radical (unpaired) electrons. The maximum absolute atomic E-state index is 12.3. The highest BCUT2D eigenvalue weighted by atomic mass is 16.5. The largest absolute Gasteiger partial charge is 0.461 e. The highest BCUT2D eigenvalue weighted by Crippen LogP contribution is 2.25. The highest BCUT2D eigenvalue weighted by molar-refractivity contribution is 5.95. The summed E-state index contributed by atoms with van der Waals surface area (Å²) in [5.74, 6) is 0.138. The van der Waals surface area contributed by atoms with Gasteiger partial charge >= 0.3 is 5.97 Å². The fraction of sp³-hybridized carbons (Fsp3) is 0.526. The normalized spacial score (nSPS) is 15.5. The Balaban J connectivity index is 2.03. The van der Waals surface area contributed by atoms with Crippen molar-refractivity contribution in [3.05, 3.63) is 29.0 Å². The lowest BCUT2D eigenvalue weighted by Gasteiger charge is -2.24. The summed E-state index contributed by atoms with van der Waals surface area (Å²) in [4.78, 5) is 21.6. The van der Waals surface area contributed by atoms with Crippen LogP contribution in [0.4, 0.5) is 5.82 Å². The van der Waals surface area contributed by atoms with E-state index in [4.69, 9.17) is 9.72 Å². The molecule has 0 unspecified atom stereocenters. The van der Waals surface area contributed by atoms with Crippen molar-refractivity contribution in [1.82, 2.24) is 9.97 Å². The minimum Gasteiger partial charge on any atom is -0.461 e. The average molecular weight is 327 g/mol. The number of carbonyl (C=O) groups is 1. The number of nitrogens with one attached hydrogen (secondary N) is 1. The molecule has 0 saturated heterocycles. The number of fused-ring (bicyclic) bond motifs is 1. The third-order valence-corrected chi connectivity index (χ3v) is 4.69. The summed E-state index contributed by atoms with van der Waals surface area (Å²) >= 11 is 0. The van der Waals surface area contributed by atoms with Crippen molar-refractivity contribution in [2.45, 2.75) is 58.9 Å². The van der Waals surface area contributed by atoms with Crippen LogP contribution in [0, 0.1) is 13.8 Å². The van der Waals surface area contributed by atoms with Crippen LogP contribution in [0.5, 0.6) is 0 Å². The zero-order chi connectivity index (χ0) is 17.1. The Hall–Kier alpha value is -2.17. The second-order valence-electron chi connectivity index (χ2n) is 6.55. The molecule has 0 atom stereocenters. The molecule has 2 aromatic rings. The minimum atomic E-state index is -0.413. The van der Waals surface area contributed by atoms with Gasteiger partial charge in [-0.3, -0.25) is 0 Å². The van der Waals surface area contributed by atoms with Gasteiger partial charge < -0.3 is 10.1 Å². The number of esters is 1. The third kappa shape index (κ3) is 3.50. The molecule has 128 valence electrons. The summed E-state index contributed by atoms with van der Waals surface area (Å²) < 4.78 is 5.18. The number of anilines is 1. The van der Waals surface area contributed by atoms with Crippen molar-refractivity contribution >= 4 is 22.8 Å². The van der Waals surface area contributed by atoms with Gasteiger partial charge in [-0.15, -0.1) is 0 Å². The minimum absolute atomic E-state index is 0.290. The molecule has 0 spiro atoms. The lowest BCUT2D eigenvalue weighted by molar-refractivity contribution is 0.0520. The first kappa shape index (κ1) is 16.7. The molecule has 3 rings (SSSR count). The predicted molar refractivity (Wildman–Crippen MR) is 95.5 cm³/mol. The molecule has 1 N–H and O–H groups in total. The monoisotopic (exact) mass is 327 g/mol. The van der Waals surface area contributed by atoms with Crippen molar-refractivity contribution < 1.29 is 9.53 Å². The quantitative estimate of drug-likeness (QED) is 0.854. The van der Waals surface area contributed by atoms with Gasteiger partial charge in [0.05, 0.1) is 17.6 Å². The van der Waals surface area contributed by atoms with Crippen molar-refractivity contribution in [2.24, 2.45) is 0 Å². The molecule has 1 aromatic heterocycles. The number of hydrogen-bond donors (Lipinski definition) is 1. The van der Waals surface area contributed by atoms with Crippen molar-refractivity contribution in [3.8, 4) is 0 Å². The van der Waals surface area contributed by atoms with Crippen LogP contribution >= 0.6 is 0 Å². The van der Waals surface area contributed by atoms with Crippen LogP contribution in [-0.2, 0) is 4.74 Å². The van der Waals surface area contributed by atoms with Crippen LogP contribution in [0.15, 0.2) is 12.1 Å².